The summed E-state index contributed by atoms with van der Waals surface area (Å²) in [6.07, 6.45) is 8.92. The van der Waals surface area contributed by atoms with Crippen molar-refractivity contribution in [2.75, 3.05) is 32.7 Å². The number of piperazine rings is 1. The van der Waals surface area contributed by atoms with E-state index in [0.717, 1.165) is 81.6 Å². The third-order valence-electron chi connectivity index (χ3n) is 9.62. The van der Waals surface area contributed by atoms with Crippen molar-refractivity contribution in [1.29, 1.82) is 0 Å². The Morgan fingerprint density at radius 1 is 0.857 bits per heavy atom. The molecule has 0 radical (unpaired) electrons. The van der Waals surface area contributed by atoms with Crippen LogP contribution in [-0.4, -0.2) is 71.2 Å². The van der Waals surface area contributed by atoms with Crippen LogP contribution in [0.5, 0.6) is 0 Å². The molecule has 6 fully saturated rings. The van der Waals surface area contributed by atoms with Crippen LogP contribution in [0.15, 0.2) is 24.3 Å². The molecule has 0 aromatic heterocycles. The van der Waals surface area contributed by atoms with E-state index in [-0.39, 0.29) is 17.4 Å². The summed E-state index contributed by atoms with van der Waals surface area (Å²) >= 11 is 0. The minimum absolute atomic E-state index is 0.158. The van der Waals surface area contributed by atoms with Gasteiger partial charge in [-0.1, -0.05) is 12.1 Å². The molecule has 0 spiro atoms. The van der Waals surface area contributed by atoms with Crippen LogP contribution in [-0.2, 0) is 16.1 Å². The van der Waals surface area contributed by atoms with Gasteiger partial charge < -0.3 is 15.5 Å². The molecule has 35 heavy (non-hydrogen) atoms. The van der Waals surface area contributed by atoms with Crippen LogP contribution in [0.1, 0.15) is 67.3 Å². The molecule has 2 aliphatic heterocycles. The van der Waals surface area contributed by atoms with Crippen molar-refractivity contribution in [2.45, 2.75) is 64.0 Å². The summed E-state index contributed by atoms with van der Waals surface area (Å²) in [6, 6.07) is 7.18. The van der Waals surface area contributed by atoms with Crippen molar-refractivity contribution in [3.05, 3.63) is 35.4 Å². The largest absolute Gasteiger partial charge is 0.366 e. The van der Waals surface area contributed by atoms with Crippen LogP contribution in [0.3, 0.4) is 0 Å². The van der Waals surface area contributed by atoms with Gasteiger partial charge in [-0.3, -0.25) is 19.3 Å². The number of carbonyl (C=O) groups excluding carboxylic acids is 3. The highest BCUT2D eigenvalue weighted by atomic mass is 16.2. The van der Waals surface area contributed by atoms with E-state index >= 15 is 0 Å². The molecule has 7 rings (SSSR count). The smallest absolute Gasteiger partial charge is 0.248 e. The number of amides is 3. The molecule has 6 aliphatic rings. The minimum atomic E-state index is -0.411. The van der Waals surface area contributed by atoms with Gasteiger partial charge in [0.05, 0.1) is 5.41 Å². The van der Waals surface area contributed by atoms with Gasteiger partial charge in [0.1, 0.15) is 6.04 Å². The molecular weight excluding hydrogens is 440 g/mol. The van der Waals surface area contributed by atoms with Crippen molar-refractivity contribution >= 4 is 17.7 Å². The average molecular weight is 479 g/mol. The summed E-state index contributed by atoms with van der Waals surface area (Å²) in [5.41, 5.74) is 6.83. The first-order valence-electron chi connectivity index (χ1n) is 13.6. The monoisotopic (exact) mass is 478 g/mol. The number of hydrogen-bond donors (Lipinski definition) is 1. The number of rotatable bonds is 5. The van der Waals surface area contributed by atoms with E-state index in [9.17, 15) is 14.4 Å². The number of likely N-dealkylation sites (tertiary alicyclic amines) is 1. The summed E-state index contributed by atoms with van der Waals surface area (Å²) < 4.78 is 0. The Balaban J connectivity index is 1.06. The number of hydrogen-bond acceptors (Lipinski definition) is 4. The zero-order valence-corrected chi connectivity index (χ0v) is 20.7. The first-order valence-corrected chi connectivity index (χ1v) is 13.6. The second-order valence-electron chi connectivity index (χ2n) is 12.0. The number of benzene rings is 1. The van der Waals surface area contributed by atoms with E-state index in [1.165, 1.54) is 19.3 Å². The van der Waals surface area contributed by atoms with Gasteiger partial charge in [0.2, 0.25) is 17.7 Å². The van der Waals surface area contributed by atoms with Crippen LogP contribution in [0.2, 0.25) is 0 Å². The fraction of sp³-hybridized carbons (Fsp3) is 0.679. The van der Waals surface area contributed by atoms with Crippen LogP contribution < -0.4 is 5.73 Å². The maximum absolute atomic E-state index is 13.9. The molecule has 2 saturated heterocycles. The summed E-state index contributed by atoms with van der Waals surface area (Å²) in [5.74, 6) is 2.27. The zero-order chi connectivity index (χ0) is 24.2. The van der Waals surface area contributed by atoms with Crippen molar-refractivity contribution in [3.8, 4) is 0 Å². The summed E-state index contributed by atoms with van der Waals surface area (Å²) in [4.78, 5) is 45.1. The third kappa shape index (κ3) is 4.26. The number of carbonyl (C=O) groups is 3. The van der Waals surface area contributed by atoms with Crippen molar-refractivity contribution in [1.82, 2.24) is 14.7 Å². The van der Waals surface area contributed by atoms with Gasteiger partial charge in [0, 0.05) is 44.8 Å². The lowest BCUT2D eigenvalue weighted by Gasteiger charge is -2.56. The lowest BCUT2D eigenvalue weighted by Crippen LogP contribution is -2.58. The zero-order valence-electron chi connectivity index (χ0n) is 20.7. The molecule has 3 amide bonds. The van der Waals surface area contributed by atoms with Gasteiger partial charge >= 0.3 is 0 Å². The number of nitrogens with zero attached hydrogens (tertiary/aromatic N) is 3. The fourth-order valence-electron chi connectivity index (χ4n) is 8.31. The first kappa shape index (κ1) is 23.0. The van der Waals surface area contributed by atoms with Crippen LogP contribution in [0, 0.1) is 23.2 Å². The molecule has 4 aliphatic carbocycles. The SMILES string of the molecule is NC(=O)c1ccc(CN2CCN(C(=O)C3CCCN3C(=O)C34CC5CC(CC(C5)C3)C4)CC2)cc1. The van der Waals surface area contributed by atoms with E-state index in [2.05, 4.69) is 4.90 Å². The Kier molecular flexibility index (Phi) is 5.86. The number of nitrogens with two attached hydrogens (primary N) is 1. The molecule has 2 N–H and O–H groups in total. The molecule has 7 heteroatoms. The first-order chi connectivity index (χ1) is 16.9. The maximum Gasteiger partial charge on any atom is 0.248 e. The maximum atomic E-state index is 13.9. The normalized spacial score (nSPS) is 34.4. The fourth-order valence-corrected chi connectivity index (χ4v) is 8.31. The van der Waals surface area contributed by atoms with Crippen molar-refractivity contribution in [3.63, 3.8) is 0 Å². The molecule has 4 saturated carbocycles. The standard InChI is InChI=1S/C28H38N4O3/c29-25(33)23-5-3-19(4-6-23)18-30-8-10-31(11-9-30)26(34)24-2-1-7-32(24)27(35)28-15-20-12-21(16-28)14-22(13-20)17-28/h3-6,20-22,24H,1-2,7-18H2,(H2,29,33). The average Bonchev–Trinajstić information content (AvgIpc) is 3.33. The predicted molar refractivity (Wildman–Crippen MR) is 132 cm³/mol. The van der Waals surface area contributed by atoms with Crippen LogP contribution >= 0.6 is 0 Å². The van der Waals surface area contributed by atoms with Crippen LogP contribution in [0.4, 0.5) is 0 Å². The molecule has 1 aromatic carbocycles. The highest BCUT2D eigenvalue weighted by Crippen LogP contribution is 2.60. The molecule has 1 aromatic rings. The van der Waals surface area contributed by atoms with Gasteiger partial charge in [0.15, 0.2) is 0 Å². The quantitative estimate of drug-likeness (QED) is 0.705. The lowest BCUT2D eigenvalue weighted by atomic mass is 9.49. The van der Waals surface area contributed by atoms with Gasteiger partial charge in [-0.15, -0.1) is 0 Å². The highest BCUT2D eigenvalue weighted by Gasteiger charge is 2.57. The molecule has 188 valence electrons. The molecular formula is C28H38N4O3. The van der Waals surface area contributed by atoms with E-state index in [1.807, 2.05) is 21.9 Å². The molecule has 1 atom stereocenters. The molecule has 7 nitrogen and oxygen atoms in total. The van der Waals surface area contributed by atoms with Gasteiger partial charge in [-0.2, -0.15) is 0 Å². The second kappa shape index (κ2) is 8.91. The Hall–Kier alpha value is -2.41. The molecule has 2 heterocycles. The van der Waals surface area contributed by atoms with Gasteiger partial charge in [-0.05, 0) is 86.8 Å². The second-order valence-corrected chi connectivity index (χ2v) is 12.0. The van der Waals surface area contributed by atoms with E-state index in [0.29, 0.717) is 24.6 Å². The van der Waals surface area contributed by atoms with E-state index < -0.39 is 5.91 Å². The van der Waals surface area contributed by atoms with Crippen LogP contribution in [0.25, 0.3) is 0 Å². The Morgan fingerprint density at radius 2 is 1.46 bits per heavy atom. The summed E-state index contributed by atoms with van der Waals surface area (Å²) in [5, 5.41) is 0. The van der Waals surface area contributed by atoms with Gasteiger partial charge in [0.25, 0.3) is 0 Å². The minimum Gasteiger partial charge on any atom is -0.366 e. The van der Waals surface area contributed by atoms with E-state index in [1.54, 1.807) is 12.1 Å². The van der Waals surface area contributed by atoms with Gasteiger partial charge in [-0.25, -0.2) is 0 Å². The Labute approximate surface area is 208 Å². The predicted octanol–water partition coefficient (Wildman–Crippen LogP) is 2.64. The van der Waals surface area contributed by atoms with Crippen molar-refractivity contribution in [2.24, 2.45) is 28.9 Å². The summed E-state index contributed by atoms with van der Waals surface area (Å²) in [7, 11) is 0. The topological polar surface area (TPSA) is 87.0 Å². The molecule has 1 unspecified atom stereocenters. The third-order valence-corrected chi connectivity index (χ3v) is 9.62. The number of primary amides is 1. The highest BCUT2D eigenvalue weighted by molar-refractivity contribution is 5.92. The van der Waals surface area contributed by atoms with E-state index in [4.69, 9.17) is 5.73 Å². The lowest BCUT2D eigenvalue weighted by molar-refractivity contribution is -0.162. The summed E-state index contributed by atoms with van der Waals surface area (Å²) in [6.45, 7) is 4.58. The Bertz CT molecular complexity index is 963. The van der Waals surface area contributed by atoms with Crippen molar-refractivity contribution < 1.29 is 14.4 Å². The molecule has 4 bridgehead atoms. The Morgan fingerprint density at radius 3 is 2.03 bits per heavy atom.